The maximum absolute atomic E-state index is 5.82. The lowest BCUT2D eigenvalue weighted by Gasteiger charge is -2.19. The van der Waals surface area contributed by atoms with E-state index in [1.807, 2.05) is 0 Å². The van der Waals surface area contributed by atoms with Crippen molar-refractivity contribution in [2.45, 2.75) is 18.3 Å². The lowest BCUT2D eigenvalue weighted by atomic mass is 9.95. The van der Waals surface area contributed by atoms with Crippen molar-refractivity contribution in [2.75, 3.05) is 20.8 Å². The average Bonchev–Trinajstić information content (AvgIpc) is 3.08. The van der Waals surface area contributed by atoms with Crippen molar-refractivity contribution in [1.29, 1.82) is 0 Å². The number of ether oxygens (including phenoxy) is 2. The van der Waals surface area contributed by atoms with Crippen molar-refractivity contribution in [1.82, 2.24) is 4.98 Å². The molecule has 0 spiro atoms. The number of nitrogens with zero attached hydrogens (tertiary/aromatic N) is 1. The molecule has 15 heavy (non-hydrogen) atoms. The van der Waals surface area contributed by atoms with E-state index in [2.05, 4.69) is 4.98 Å². The first-order chi connectivity index (χ1) is 7.27. The molecule has 0 aliphatic heterocycles. The Hall–Kier alpha value is -1.29. The zero-order chi connectivity index (χ0) is 10.9. The summed E-state index contributed by atoms with van der Waals surface area (Å²) in [6.07, 6.45) is 5.63. The molecular weight excluding hydrogens is 192 g/mol. The molecule has 0 atom stereocenters. The van der Waals surface area contributed by atoms with E-state index < -0.39 is 0 Å². The van der Waals surface area contributed by atoms with Crippen molar-refractivity contribution in [2.24, 2.45) is 5.73 Å². The largest absolute Gasteiger partial charge is 0.495 e. The van der Waals surface area contributed by atoms with Gasteiger partial charge in [0.05, 0.1) is 26.6 Å². The summed E-state index contributed by atoms with van der Waals surface area (Å²) in [4.78, 5) is 4.07. The molecule has 2 N–H and O–H groups in total. The third-order valence-corrected chi connectivity index (χ3v) is 3.09. The van der Waals surface area contributed by atoms with Gasteiger partial charge in [-0.15, -0.1) is 0 Å². The van der Waals surface area contributed by atoms with E-state index >= 15 is 0 Å². The third kappa shape index (κ3) is 1.55. The van der Waals surface area contributed by atoms with Gasteiger partial charge in [-0.05, 0) is 12.8 Å². The predicted molar refractivity (Wildman–Crippen MR) is 57.3 cm³/mol. The van der Waals surface area contributed by atoms with Gasteiger partial charge < -0.3 is 15.2 Å². The van der Waals surface area contributed by atoms with Crippen molar-refractivity contribution < 1.29 is 9.47 Å². The van der Waals surface area contributed by atoms with Crippen LogP contribution in [0.2, 0.25) is 0 Å². The van der Waals surface area contributed by atoms with Crippen LogP contribution in [-0.2, 0) is 5.41 Å². The minimum Gasteiger partial charge on any atom is -0.495 e. The van der Waals surface area contributed by atoms with Gasteiger partial charge in [0, 0.05) is 17.5 Å². The summed E-state index contributed by atoms with van der Waals surface area (Å²) in [5.74, 6) is 1.55. The van der Waals surface area contributed by atoms with Crippen LogP contribution in [0.4, 0.5) is 0 Å². The van der Waals surface area contributed by atoms with Crippen LogP contribution in [0, 0.1) is 0 Å². The molecule has 0 amide bonds. The highest BCUT2D eigenvalue weighted by Gasteiger charge is 2.47. The normalized spacial score (nSPS) is 17.3. The number of methoxy groups -OCH3 is 2. The first-order valence-corrected chi connectivity index (χ1v) is 5.04. The molecule has 1 aliphatic rings. The fraction of sp³-hybridized carbons (Fsp3) is 0.545. The maximum atomic E-state index is 5.82. The molecule has 0 unspecified atom stereocenters. The number of pyridine rings is 1. The first kappa shape index (κ1) is 10.2. The number of aromatic nitrogens is 1. The molecule has 4 nitrogen and oxygen atoms in total. The Morgan fingerprint density at radius 1 is 1.27 bits per heavy atom. The summed E-state index contributed by atoms with van der Waals surface area (Å²) in [6, 6.07) is 0. The summed E-state index contributed by atoms with van der Waals surface area (Å²) in [5, 5.41) is 0. The zero-order valence-electron chi connectivity index (χ0n) is 9.12. The highest BCUT2D eigenvalue weighted by molar-refractivity contribution is 5.50. The second kappa shape index (κ2) is 3.70. The molecule has 0 radical (unpaired) electrons. The van der Waals surface area contributed by atoms with Gasteiger partial charge in [-0.1, -0.05) is 0 Å². The summed E-state index contributed by atoms with van der Waals surface area (Å²) >= 11 is 0. The van der Waals surface area contributed by atoms with E-state index in [1.54, 1.807) is 26.6 Å². The molecule has 1 heterocycles. The van der Waals surface area contributed by atoms with Gasteiger partial charge in [0.2, 0.25) is 0 Å². The Morgan fingerprint density at radius 2 is 1.80 bits per heavy atom. The van der Waals surface area contributed by atoms with Gasteiger partial charge in [0.1, 0.15) is 11.5 Å². The van der Waals surface area contributed by atoms with Crippen LogP contribution in [0.25, 0.3) is 0 Å². The fourth-order valence-corrected chi connectivity index (χ4v) is 1.96. The molecule has 0 saturated heterocycles. The van der Waals surface area contributed by atoms with E-state index in [0.29, 0.717) is 6.54 Å². The summed E-state index contributed by atoms with van der Waals surface area (Å²) in [5.41, 5.74) is 6.95. The van der Waals surface area contributed by atoms with Gasteiger partial charge >= 0.3 is 0 Å². The standard InChI is InChI=1S/C11H16N2O2/c1-14-8-5-13-6-9(15-2)10(8)11(7-12)3-4-11/h5-6H,3-4,7,12H2,1-2H3. The number of hydrogen-bond acceptors (Lipinski definition) is 4. The summed E-state index contributed by atoms with van der Waals surface area (Å²) < 4.78 is 10.6. The zero-order valence-corrected chi connectivity index (χ0v) is 9.12. The fourth-order valence-electron chi connectivity index (χ4n) is 1.96. The number of nitrogens with two attached hydrogens (primary N) is 1. The lowest BCUT2D eigenvalue weighted by Crippen LogP contribution is -2.21. The van der Waals surface area contributed by atoms with E-state index in [9.17, 15) is 0 Å². The van der Waals surface area contributed by atoms with Crippen LogP contribution < -0.4 is 15.2 Å². The van der Waals surface area contributed by atoms with Gasteiger partial charge in [0.15, 0.2) is 0 Å². The highest BCUT2D eigenvalue weighted by Crippen LogP contribution is 2.53. The molecule has 0 bridgehead atoms. The lowest BCUT2D eigenvalue weighted by molar-refractivity contribution is 0.373. The molecular formula is C11H16N2O2. The molecule has 1 aliphatic carbocycles. The van der Waals surface area contributed by atoms with E-state index in [0.717, 1.165) is 29.9 Å². The molecule has 2 rings (SSSR count). The highest BCUT2D eigenvalue weighted by atomic mass is 16.5. The SMILES string of the molecule is COc1cncc(OC)c1C1(CN)CC1. The molecule has 1 saturated carbocycles. The van der Waals surface area contributed by atoms with E-state index in [-0.39, 0.29) is 5.41 Å². The van der Waals surface area contributed by atoms with Gasteiger partial charge in [-0.25, -0.2) is 0 Å². The molecule has 82 valence electrons. The second-order valence-electron chi connectivity index (χ2n) is 3.90. The van der Waals surface area contributed by atoms with Gasteiger partial charge in [0.25, 0.3) is 0 Å². The van der Waals surface area contributed by atoms with Crippen LogP contribution >= 0.6 is 0 Å². The van der Waals surface area contributed by atoms with Crippen LogP contribution in [0.3, 0.4) is 0 Å². The molecule has 1 fully saturated rings. The maximum Gasteiger partial charge on any atom is 0.144 e. The number of rotatable bonds is 4. The second-order valence-corrected chi connectivity index (χ2v) is 3.90. The number of hydrogen-bond donors (Lipinski definition) is 1. The van der Waals surface area contributed by atoms with Crippen LogP contribution in [0.1, 0.15) is 18.4 Å². The minimum absolute atomic E-state index is 0.0552. The minimum atomic E-state index is 0.0552. The van der Waals surface area contributed by atoms with Crippen molar-refractivity contribution >= 4 is 0 Å². The molecule has 1 aromatic heterocycles. The van der Waals surface area contributed by atoms with E-state index in [1.165, 1.54) is 0 Å². The Labute approximate surface area is 89.4 Å². The van der Waals surface area contributed by atoms with Gasteiger partial charge in [-0.3, -0.25) is 4.98 Å². The third-order valence-electron chi connectivity index (χ3n) is 3.09. The summed E-state index contributed by atoms with van der Waals surface area (Å²) in [6.45, 7) is 0.629. The van der Waals surface area contributed by atoms with Crippen LogP contribution in [0.15, 0.2) is 12.4 Å². The smallest absolute Gasteiger partial charge is 0.144 e. The first-order valence-electron chi connectivity index (χ1n) is 5.04. The van der Waals surface area contributed by atoms with Crippen molar-refractivity contribution in [3.8, 4) is 11.5 Å². The Balaban J connectivity index is 2.51. The predicted octanol–water partition coefficient (Wildman–Crippen LogP) is 1.09. The van der Waals surface area contributed by atoms with E-state index in [4.69, 9.17) is 15.2 Å². The molecule has 0 aromatic carbocycles. The Kier molecular flexibility index (Phi) is 2.52. The van der Waals surface area contributed by atoms with Crippen molar-refractivity contribution in [3.63, 3.8) is 0 Å². The van der Waals surface area contributed by atoms with Crippen LogP contribution in [0.5, 0.6) is 11.5 Å². The monoisotopic (exact) mass is 208 g/mol. The van der Waals surface area contributed by atoms with Crippen molar-refractivity contribution in [3.05, 3.63) is 18.0 Å². The van der Waals surface area contributed by atoms with Gasteiger partial charge in [-0.2, -0.15) is 0 Å². The topological polar surface area (TPSA) is 57.4 Å². The quantitative estimate of drug-likeness (QED) is 0.804. The average molecular weight is 208 g/mol. The summed E-state index contributed by atoms with van der Waals surface area (Å²) in [7, 11) is 3.29. The Bertz CT molecular complexity index is 339. The molecule has 1 aromatic rings. The molecule has 4 heteroatoms. The Morgan fingerprint density at radius 3 is 2.13 bits per heavy atom. The van der Waals surface area contributed by atoms with Crippen LogP contribution in [-0.4, -0.2) is 25.7 Å².